The maximum Gasteiger partial charge on any atom is 0.357 e. The molecule has 0 aliphatic carbocycles. The molecule has 28 heavy (non-hydrogen) atoms. The van der Waals surface area contributed by atoms with Gasteiger partial charge in [-0.15, -0.1) is 11.3 Å². The molecule has 0 saturated carbocycles. The van der Waals surface area contributed by atoms with E-state index >= 15 is 0 Å². The van der Waals surface area contributed by atoms with Crippen molar-refractivity contribution in [3.05, 3.63) is 50.5 Å². The van der Waals surface area contributed by atoms with Crippen LogP contribution >= 0.6 is 11.3 Å². The molecule has 0 spiro atoms. The predicted molar refractivity (Wildman–Crippen MR) is 104 cm³/mol. The second-order valence-corrected chi connectivity index (χ2v) is 8.80. The summed E-state index contributed by atoms with van der Waals surface area (Å²) >= 11 is 1.17. The minimum absolute atomic E-state index is 0.00466. The van der Waals surface area contributed by atoms with Crippen LogP contribution in [0.1, 0.15) is 41.7 Å². The lowest BCUT2D eigenvalue weighted by atomic mass is 10.2. The Morgan fingerprint density at radius 1 is 1.29 bits per heavy atom. The monoisotopic (exact) mass is 427 g/mol. The molecule has 0 bridgehead atoms. The van der Waals surface area contributed by atoms with Gasteiger partial charge in [-0.25, -0.2) is 18.2 Å². The number of ether oxygens (including phenoxy) is 1. The fourth-order valence-electron chi connectivity index (χ4n) is 2.44. The summed E-state index contributed by atoms with van der Waals surface area (Å²) in [7, 11) is -2.63. The molecule has 0 N–H and O–H groups in total. The van der Waals surface area contributed by atoms with Crippen LogP contribution in [0.5, 0.6) is 0 Å². The highest BCUT2D eigenvalue weighted by atomic mass is 32.2. The van der Waals surface area contributed by atoms with Crippen molar-refractivity contribution in [3.63, 3.8) is 0 Å². The lowest BCUT2D eigenvalue weighted by molar-refractivity contribution is -0.384. The van der Waals surface area contributed by atoms with Crippen LogP contribution in [-0.4, -0.2) is 42.3 Å². The third-order valence-corrected chi connectivity index (χ3v) is 6.65. The molecule has 9 nitrogen and oxygen atoms in total. The molecule has 0 unspecified atom stereocenters. The quantitative estimate of drug-likeness (QED) is 0.247. The normalized spacial score (nSPS) is 11.5. The van der Waals surface area contributed by atoms with E-state index in [9.17, 15) is 23.3 Å². The highest BCUT2D eigenvalue weighted by Gasteiger charge is 2.26. The van der Waals surface area contributed by atoms with Gasteiger partial charge in [0.1, 0.15) is 5.01 Å². The van der Waals surface area contributed by atoms with Crippen LogP contribution in [0.3, 0.4) is 0 Å². The van der Waals surface area contributed by atoms with Gasteiger partial charge in [-0.1, -0.05) is 19.8 Å². The average molecular weight is 428 g/mol. The van der Waals surface area contributed by atoms with Crippen molar-refractivity contribution < 1.29 is 22.9 Å². The molecule has 0 atom stereocenters. The van der Waals surface area contributed by atoms with E-state index in [2.05, 4.69) is 9.72 Å². The van der Waals surface area contributed by atoms with Gasteiger partial charge in [0.05, 0.1) is 23.5 Å². The molecule has 0 amide bonds. The topological polar surface area (TPSA) is 120 Å². The summed E-state index contributed by atoms with van der Waals surface area (Å²) in [6.07, 6.45) is 2.45. The number of hydrogen-bond acceptors (Lipinski definition) is 8. The molecule has 11 heteroatoms. The van der Waals surface area contributed by atoms with Crippen molar-refractivity contribution in [2.45, 2.75) is 37.6 Å². The van der Waals surface area contributed by atoms with E-state index in [1.54, 1.807) is 0 Å². The number of rotatable bonds is 10. The second kappa shape index (κ2) is 9.71. The molecule has 1 heterocycles. The molecule has 1 aromatic heterocycles. The first-order valence-corrected chi connectivity index (χ1v) is 10.9. The minimum atomic E-state index is -3.88. The van der Waals surface area contributed by atoms with Gasteiger partial charge in [0.15, 0.2) is 5.69 Å². The Kier molecular flexibility index (Phi) is 7.61. The Bertz CT molecular complexity index is 925. The van der Waals surface area contributed by atoms with Crippen molar-refractivity contribution in [3.8, 4) is 0 Å². The number of hydrogen-bond donors (Lipinski definition) is 0. The Morgan fingerprint density at radius 2 is 1.96 bits per heavy atom. The summed E-state index contributed by atoms with van der Waals surface area (Å²) < 4.78 is 32.0. The zero-order valence-electron chi connectivity index (χ0n) is 15.5. The van der Waals surface area contributed by atoms with E-state index in [-0.39, 0.29) is 29.4 Å². The number of methoxy groups -OCH3 is 1. The number of carbonyl (C=O) groups is 1. The number of unbranched alkanes of at least 4 members (excludes halogenated alkanes) is 2. The van der Waals surface area contributed by atoms with Crippen molar-refractivity contribution in [2.75, 3.05) is 13.7 Å². The Labute approximate surface area is 167 Å². The number of esters is 1. The zero-order chi connectivity index (χ0) is 20.7. The maximum atomic E-state index is 13.1. The summed E-state index contributed by atoms with van der Waals surface area (Å²) in [6, 6.07) is 4.77. The first kappa shape index (κ1) is 21.9. The standard InChI is InChI=1S/C17H21N3O6S2/c1-3-4-5-10-19(11-16-18-15(12-27-16)17(21)26-2)28(24,25)14-8-6-13(7-9-14)20(22)23/h6-9,12H,3-5,10-11H2,1-2H3. The van der Waals surface area contributed by atoms with E-state index < -0.39 is 20.9 Å². The number of carbonyl (C=O) groups excluding carboxylic acids is 1. The van der Waals surface area contributed by atoms with Gasteiger partial charge >= 0.3 is 5.97 Å². The number of nitrogens with zero attached hydrogens (tertiary/aromatic N) is 3. The Morgan fingerprint density at radius 3 is 2.54 bits per heavy atom. The molecule has 0 fully saturated rings. The van der Waals surface area contributed by atoms with Crippen LogP contribution in [0.4, 0.5) is 5.69 Å². The number of benzene rings is 1. The van der Waals surface area contributed by atoms with Crippen LogP contribution in [-0.2, 0) is 21.3 Å². The number of sulfonamides is 1. The molecule has 0 aliphatic heterocycles. The summed E-state index contributed by atoms with van der Waals surface area (Å²) in [5.41, 5.74) is -0.0529. The molecular formula is C17H21N3O6S2. The summed E-state index contributed by atoms with van der Waals surface area (Å²) in [5, 5.41) is 12.8. The van der Waals surface area contributed by atoms with Crippen LogP contribution in [0, 0.1) is 10.1 Å². The highest BCUT2D eigenvalue weighted by Crippen LogP contribution is 2.23. The number of non-ortho nitro benzene ring substituents is 1. The number of thiazole rings is 1. The van der Waals surface area contributed by atoms with Gasteiger partial charge in [0.2, 0.25) is 10.0 Å². The number of nitro groups is 1. The molecule has 152 valence electrons. The molecule has 2 rings (SSSR count). The van der Waals surface area contributed by atoms with Gasteiger partial charge in [0, 0.05) is 24.1 Å². The van der Waals surface area contributed by atoms with Gasteiger partial charge in [-0.3, -0.25) is 10.1 Å². The molecule has 2 aromatic rings. The van der Waals surface area contributed by atoms with Gasteiger partial charge in [0.25, 0.3) is 5.69 Å². The molecule has 0 aliphatic rings. The minimum Gasteiger partial charge on any atom is -0.464 e. The average Bonchev–Trinajstić information content (AvgIpc) is 3.15. The number of nitro benzene ring substituents is 1. The van der Waals surface area contributed by atoms with Crippen LogP contribution in [0.2, 0.25) is 0 Å². The van der Waals surface area contributed by atoms with E-state index in [4.69, 9.17) is 0 Å². The largest absolute Gasteiger partial charge is 0.464 e. The third-order valence-electron chi connectivity index (χ3n) is 3.95. The Balaban J connectivity index is 2.28. The predicted octanol–water partition coefficient (Wildman–Crippen LogP) is 3.22. The summed E-state index contributed by atoms with van der Waals surface area (Å²) in [5.74, 6) is -0.585. The fraction of sp³-hybridized carbons (Fsp3) is 0.412. The van der Waals surface area contributed by atoms with Gasteiger partial charge in [-0.05, 0) is 18.6 Å². The van der Waals surface area contributed by atoms with Crippen molar-refractivity contribution in [2.24, 2.45) is 0 Å². The van der Waals surface area contributed by atoms with Gasteiger partial charge < -0.3 is 4.74 Å². The lowest BCUT2D eigenvalue weighted by Crippen LogP contribution is -2.31. The smallest absolute Gasteiger partial charge is 0.357 e. The van der Waals surface area contributed by atoms with Crippen LogP contribution in [0.25, 0.3) is 0 Å². The fourth-order valence-corrected chi connectivity index (χ4v) is 4.74. The Hall–Kier alpha value is -2.37. The first-order valence-electron chi connectivity index (χ1n) is 8.57. The highest BCUT2D eigenvalue weighted by molar-refractivity contribution is 7.89. The molecule has 0 radical (unpaired) electrons. The number of aromatic nitrogens is 1. The maximum absolute atomic E-state index is 13.1. The van der Waals surface area contributed by atoms with E-state index in [0.29, 0.717) is 11.4 Å². The first-order chi connectivity index (χ1) is 13.3. The SMILES string of the molecule is CCCCCN(Cc1nc(C(=O)OC)cs1)S(=O)(=O)c1ccc([N+](=O)[O-])cc1. The molecule has 1 aromatic carbocycles. The third kappa shape index (κ3) is 5.33. The van der Waals surface area contributed by atoms with E-state index in [0.717, 1.165) is 25.0 Å². The molecular weight excluding hydrogens is 406 g/mol. The van der Waals surface area contributed by atoms with Crippen molar-refractivity contribution >= 4 is 33.0 Å². The van der Waals surface area contributed by atoms with Crippen LogP contribution in [0.15, 0.2) is 34.5 Å². The van der Waals surface area contributed by atoms with Gasteiger partial charge in [-0.2, -0.15) is 4.31 Å². The van der Waals surface area contributed by atoms with Crippen molar-refractivity contribution in [1.29, 1.82) is 0 Å². The zero-order valence-corrected chi connectivity index (χ0v) is 17.2. The van der Waals surface area contributed by atoms with Crippen LogP contribution < -0.4 is 0 Å². The summed E-state index contributed by atoms with van der Waals surface area (Å²) in [6.45, 7) is 2.30. The lowest BCUT2D eigenvalue weighted by Gasteiger charge is -2.21. The second-order valence-electron chi connectivity index (χ2n) is 5.91. The van der Waals surface area contributed by atoms with Crippen molar-refractivity contribution in [1.82, 2.24) is 9.29 Å². The molecule has 0 saturated heterocycles. The van der Waals surface area contributed by atoms with E-state index in [1.165, 1.54) is 40.3 Å². The van der Waals surface area contributed by atoms with E-state index in [1.807, 2.05) is 6.92 Å². The summed E-state index contributed by atoms with van der Waals surface area (Å²) in [4.78, 5) is 25.9.